The van der Waals surface area contributed by atoms with Gasteiger partial charge in [0.1, 0.15) is 54.9 Å². The molecular formula is C13H17B7S. The maximum absolute atomic E-state index is 2.29. The monoisotopic (exact) mass is 282 g/mol. The Morgan fingerprint density at radius 3 is 1.52 bits per heavy atom. The molecule has 3 rings (SSSR count). The van der Waals surface area contributed by atoms with Gasteiger partial charge < -0.3 is 0 Å². The second kappa shape index (κ2) is 4.81. The Morgan fingerprint density at radius 2 is 0.952 bits per heavy atom. The predicted octanol–water partition coefficient (Wildman–Crippen LogP) is -7.83. The zero-order valence-electron chi connectivity index (χ0n) is 14.4. The van der Waals surface area contributed by atoms with Gasteiger partial charge in [-0.05, 0) is 23.3 Å². The van der Waals surface area contributed by atoms with Crippen LogP contribution < -0.4 is 38.2 Å². The number of benzene rings is 2. The molecule has 0 N–H and O–H groups in total. The van der Waals surface area contributed by atoms with E-state index in [-0.39, 0.29) is 0 Å². The first-order valence-corrected chi connectivity index (χ1v) is 8.47. The first kappa shape index (κ1) is 15.0. The lowest BCUT2D eigenvalue weighted by molar-refractivity contribution is 1.63. The van der Waals surface area contributed by atoms with Crippen LogP contribution >= 0.6 is 11.3 Å². The first-order valence-electron chi connectivity index (χ1n) is 7.66. The number of hydrogen-bond donors (Lipinski definition) is 0. The number of aryl methyl sites for hydroxylation is 1. The van der Waals surface area contributed by atoms with Crippen molar-refractivity contribution in [3.63, 3.8) is 0 Å². The first-order chi connectivity index (χ1) is 9.77. The Morgan fingerprint density at radius 1 is 0.524 bits per heavy atom. The van der Waals surface area contributed by atoms with E-state index in [1.54, 1.807) is 0 Å². The summed E-state index contributed by atoms with van der Waals surface area (Å²) in [5.41, 5.74) is 11.7. The smallest absolute Gasteiger partial charge is 0.136 e. The third-order valence-electron chi connectivity index (χ3n) is 5.71. The summed E-state index contributed by atoms with van der Waals surface area (Å²) in [7, 11) is 15.9. The van der Waals surface area contributed by atoms with Gasteiger partial charge in [0.2, 0.25) is 0 Å². The van der Waals surface area contributed by atoms with Crippen molar-refractivity contribution in [3.8, 4) is 0 Å². The summed E-state index contributed by atoms with van der Waals surface area (Å²) >= 11 is 1.99. The summed E-state index contributed by atoms with van der Waals surface area (Å²) in [5, 5.41) is 3.00. The van der Waals surface area contributed by atoms with Crippen molar-refractivity contribution in [1.29, 1.82) is 0 Å². The van der Waals surface area contributed by atoms with E-state index < -0.39 is 0 Å². The number of rotatable bonds is 0. The molecule has 2 aromatic carbocycles. The Kier molecular flexibility index (Phi) is 3.44. The van der Waals surface area contributed by atoms with Gasteiger partial charge in [0.25, 0.3) is 0 Å². The zero-order valence-corrected chi connectivity index (χ0v) is 15.2. The lowest BCUT2D eigenvalue weighted by Gasteiger charge is -2.15. The van der Waals surface area contributed by atoms with E-state index >= 15 is 0 Å². The highest BCUT2D eigenvalue weighted by atomic mass is 32.1. The molecule has 8 heteroatoms. The molecule has 0 aliphatic rings. The molecular weight excluding hydrogens is 264 g/mol. The Labute approximate surface area is 137 Å². The van der Waals surface area contributed by atoms with Gasteiger partial charge in [-0.1, -0.05) is 21.9 Å². The quantitative estimate of drug-likeness (QED) is 0.359. The molecule has 21 heavy (non-hydrogen) atoms. The molecule has 0 saturated carbocycles. The van der Waals surface area contributed by atoms with Crippen LogP contribution in [-0.2, 0) is 0 Å². The summed E-state index contributed by atoms with van der Waals surface area (Å²) in [6.45, 7) is 2.28. The summed E-state index contributed by atoms with van der Waals surface area (Å²) in [6.07, 6.45) is 0. The molecule has 0 unspecified atom stereocenters. The minimum atomic E-state index is 1.45. The molecule has 0 atom stereocenters. The predicted molar refractivity (Wildman–Crippen MR) is 121 cm³/mol. The van der Waals surface area contributed by atoms with Crippen LogP contribution in [0.3, 0.4) is 0 Å². The molecule has 96 valence electrons. The van der Waals surface area contributed by atoms with E-state index in [9.17, 15) is 0 Å². The van der Waals surface area contributed by atoms with Crippen LogP contribution in [0.1, 0.15) is 5.56 Å². The number of fused-ring (bicyclic) bond motifs is 3. The van der Waals surface area contributed by atoms with Crippen molar-refractivity contribution < 1.29 is 0 Å². The van der Waals surface area contributed by atoms with E-state index in [1.165, 1.54) is 64.0 Å². The fraction of sp³-hybridized carbons (Fsp3) is 0.0769. The lowest BCUT2D eigenvalue weighted by Crippen LogP contribution is -2.47. The highest BCUT2D eigenvalue weighted by Gasteiger charge is 2.18. The molecule has 0 nitrogen and oxygen atoms in total. The Bertz CT molecular complexity index is 852. The Balaban J connectivity index is 2.73. The molecule has 1 heterocycles. The van der Waals surface area contributed by atoms with Gasteiger partial charge >= 0.3 is 0 Å². The summed E-state index contributed by atoms with van der Waals surface area (Å²) in [6, 6.07) is 0. The minimum Gasteiger partial charge on any atom is -0.136 e. The molecule has 0 aliphatic heterocycles. The summed E-state index contributed by atoms with van der Waals surface area (Å²) in [5.74, 6) is 0. The second-order valence-corrected chi connectivity index (χ2v) is 7.53. The highest BCUT2D eigenvalue weighted by Crippen LogP contribution is 2.30. The SMILES string of the molecule is Bc1c(B)c(B)c2c(sc3c(C)c(B)c(B)c(B)c32)c1B. The van der Waals surface area contributed by atoms with Crippen LogP contribution in [-0.4, -0.2) is 54.9 Å². The number of hydrogen-bond acceptors (Lipinski definition) is 1. The standard InChI is InChI=1S/C13H17B7S/c1-2-5(14)8(17)6(15)3-4-7(16)9(18)10(19)11(20)13(4)21-12(2)3/h14-20H2,1H3. The molecule has 0 radical (unpaired) electrons. The van der Waals surface area contributed by atoms with E-state index in [2.05, 4.69) is 61.8 Å². The van der Waals surface area contributed by atoms with Crippen LogP contribution in [0.25, 0.3) is 20.2 Å². The fourth-order valence-electron chi connectivity index (χ4n) is 3.52. The van der Waals surface area contributed by atoms with Gasteiger partial charge in [-0.3, -0.25) is 0 Å². The van der Waals surface area contributed by atoms with E-state index in [4.69, 9.17) is 0 Å². The lowest BCUT2D eigenvalue weighted by atomic mass is 9.64. The topological polar surface area (TPSA) is 0 Å². The molecule has 0 bridgehead atoms. The van der Waals surface area contributed by atoms with Crippen LogP contribution in [0.4, 0.5) is 0 Å². The van der Waals surface area contributed by atoms with E-state index in [0.717, 1.165) is 0 Å². The van der Waals surface area contributed by atoms with E-state index in [0.29, 0.717) is 0 Å². The minimum absolute atomic E-state index is 1.45. The average molecular weight is 281 g/mol. The Hall–Kier alpha value is -0.885. The molecule has 1 aromatic heterocycles. The molecule has 0 fully saturated rings. The highest BCUT2D eigenvalue weighted by molar-refractivity contribution is 7.27. The fourth-order valence-corrected chi connectivity index (χ4v) is 5.05. The average Bonchev–Trinajstić information content (AvgIpc) is 2.87. The maximum atomic E-state index is 2.29. The molecule has 0 aliphatic carbocycles. The zero-order chi connectivity index (χ0) is 15.6. The normalized spacial score (nSPS) is 11.5. The van der Waals surface area contributed by atoms with Crippen LogP contribution in [0, 0.1) is 6.92 Å². The van der Waals surface area contributed by atoms with Crippen LogP contribution in [0.15, 0.2) is 0 Å². The third kappa shape index (κ3) is 1.84. The second-order valence-electron chi connectivity index (χ2n) is 6.51. The van der Waals surface area contributed by atoms with Gasteiger partial charge in [-0.25, -0.2) is 0 Å². The summed E-state index contributed by atoms with van der Waals surface area (Å²) < 4.78 is 2.98. The third-order valence-corrected chi connectivity index (χ3v) is 7.14. The van der Waals surface area contributed by atoms with Crippen LogP contribution in [0.5, 0.6) is 0 Å². The number of thiophene rings is 1. The van der Waals surface area contributed by atoms with Crippen molar-refractivity contribution in [3.05, 3.63) is 5.56 Å². The maximum Gasteiger partial charge on any atom is 0.140 e. The van der Waals surface area contributed by atoms with Crippen molar-refractivity contribution in [1.82, 2.24) is 0 Å². The van der Waals surface area contributed by atoms with Gasteiger partial charge in [-0.15, -0.1) is 27.7 Å². The van der Waals surface area contributed by atoms with Gasteiger partial charge in [0.05, 0.1) is 0 Å². The van der Waals surface area contributed by atoms with Crippen molar-refractivity contribution >= 4 is 125 Å². The summed E-state index contributed by atoms with van der Waals surface area (Å²) in [4.78, 5) is 0. The van der Waals surface area contributed by atoms with Gasteiger partial charge in [-0.2, -0.15) is 0 Å². The van der Waals surface area contributed by atoms with Gasteiger partial charge in [0, 0.05) is 9.40 Å². The molecule has 0 amide bonds. The van der Waals surface area contributed by atoms with E-state index in [1.807, 2.05) is 11.3 Å². The van der Waals surface area contributed by atoms with Crippen LogP contribution in [0.2, 0.25) is 0 Å². The van der Waals surface area contributed by atoms with Crippen molar-refractivity contribution in [2.75, 3.05) is 0 Å². The molecule has 0 spiro atoms. The van der Waals surface area contributed by atoms with Crippen molar-refractivity contribution in [2.24, 2.45) is 0 Å². The van der Waals surface area contributed by atoms with Crippen molar-refractivity contribution in [2.45, 2.75) is 6.92 Å². The molecule has 3 aromatic rings. The molecule has 0 saturated heterocycles. The van der Waals surface area contributed by atoms with Gasteiger partial charge in [0.15, 0.2) is 0 Å². The largest absolute Gasteiger partial charge is 0.140 e.